The van der Waals surface area contributed by atoms with Gasteiger partial charge in [-0.3, -0.25) is 4.90 Å². The van der Waals surface area contributed by atoms with E-state index in [9.17, 15) is 5.11 Å². The summed E-state index contributed by atoms with van der Waals surface area (Å²) in [5, 5.41) is 10.2. The molecule has 0 aliphatic heterocycles. The van der Waals surface area contributed by atoms with Gasteiger partial charge in [-0.2, -0.15) is 0 Å². The number of aliphatic hydroxyl groups is 1. The normalized spacial score (nSPS) is 12.9. The molecular formula is C17H25NO4S. The van der Waals surface area contributed by atoms with E-state index in [4.69, 9.17) is 13.9 Å². The second kappa shape index (κ2) is 9.85. The van der Waals surface area contributed by atoms with Crippen LogP contribution in [0.25, 0.3) is 0 Å². The number of methoxy groups -OCH3 is 1. The predicted octanol–water partition coefficient (Wildman–Crippen LogP) is 2.68. The van der Waals surface area contributed by atoms with E-state index >= 15 is 0 Å². The maximum Gasteiger partial charge on any atom is 0.129 e. The Kier molecular flexibility index (Phi) is 7.78. The Morgan fingerprint density at radius 3 is 2.87 bits per heavy atom. The van der Waals surface area contributed by atoms with Crippen molar-refractivity contribution < 1.29 is 19.0 Å². The number of aryl methyl sites for hydroxylation is 1. The molecule has 6 heteroatoms. The minimum atomic E-state index is -0.539. The van der Waals surface area contributed by atoms with Crippen LogP contribution in [0.1, 0.15) is 15.5 Å². The van der Waals surface area contributed by atoms with Gasteiger partial charge in [0.2, 0.25) is 0 Å². The second-order valence-corrected chi connectivity index (χ2v) is 6.86. The van der Waals surface area contributed by atoms with Crippen molar-refractivity contribution in [3.63, 3.8) is 0 Å². The van der Waals surface area contributed by atoms with Crippen LogP contribution >= 0.6 is 11.3 Å². The number of furan rings is 1. The molecule has 0 aliphatic carbocycles. The topological polar surface area (TPSA) is 55.1 Å². The van der Waals surface area contributed by atoms with Crippen molar-refractivity contribution in [3.8, 4) is 0 Å². The minimum absolute atomic E-state index is 0.285. The molecule has 2 aromatic rings. The van der Waals surface area contributed by atoms with Crippen molar-refractivity contribution in [1.29, 1.82) is 0 Å². The van der Waals surface area contributed by atoms with Gasteiger partial charge in [0.25, 0.3) is 0 Å². The lowest BCUT2D eigenvalue weighted by Crippen LogP contribution is -2.36. The zero-order valence-electron chi connectivity index (χ0n) is 13.7. The van der Waals surface area contributed by atoms with Gasteiger partial charge in [0, 0.05) is 36.5 Å². The highest BCUT2D eigenvalue weighted by molar-refractivity contribution is 7.11. The minimum Gasteiger partial charge on any atom is -0.467 e. The molecule has 0 fully saturated rings. The summed E-state index contributed by atoms with van der Waals surface area (Å²) >= 11 is 1.78. The van der Waals surface area contributed by atoms with E-state index in [0.29, 0.717) is 19.8 Å². The van der Waals surface area contributed by atoms with Crippen molar-refractivity contribution in [1.82, 2.24) is 4.90 Å². The molecule has 0 radical (unpaired) electrons. The molecule has 2 rings (SSSR count). The standard InChI is InChI=1S/C17H25NO4S/c1-14-5-6-17(23-14)11-18(7-9-20-2)10-15(19)12-21-13-16-4-3-8-22-16/h3-6,8,15,19H,7,9-13H2,1-2H3/t15-/m1/s1. The third-order valence-corrected chi connectivity index (χ3v) is 4.38. The van der Waals surface area contributed by atoms with Crippen molar-refractivity contribution in [2.24, 2.45) is 0 Å². The summed E-state index contributed by atoms with van der Waals surface area (Å²) < 4.78 is 15.9. The van der Waals surface area contributed by atoms with E-state index in [2.05, 4.69) is 24.0 Å². The molecule has 2 heterocycles. The Balaban J connectivity index is 1.76. The van der Waals surface area contributed by atoms with Gasteiger partial charge >= 0.3 is 0 Å². The lowest BCUT2D eigenvalue weighted by atomic mass is 10.3. The SMILES string of the molecule is COCCN(Cc1ccc(C)s1)C[C@@H](O)COCc1ccco1. The van der Waals surface area contributed by atoms with Crippen LogP contribution in [0.3, 0.4) is 0 Å². The summed E-state index contributed by atoms with van der Waals surface area (Å²) in [6, 6.07) is 7.94. The highest BCUT2D eigenvalue weighted by Gasteiger charge is 2.13. The van der Waals surface area contributed by atoms with Crippen molar-refractivity contribution in [2.45, 2.75) is 26.2 Å². The van der Waals surface area contributed by atoms with Crippen LogP contribution in [0.15, 0.2) is 34.9 Å². The Bertz CT molecular complexity index is 541. The molecule has 1 N–H and O–H groups in total. The third-order valence-electron chi connectivity index (χ3n) is 3.39. The monoisotopic (exact) mass is 339 g/mol. The molecule has 0 spiro atoms. The van der Waals surface area contributed by atoms with Gasteiger partial charge in [-0.1, -0.05) is 0 Å². The molecule has 23 heavy (non-hydrogen) atoms. The van der Waals surface area contributed by atoms with Crippen LogP contribution in [0.2, 0.25) is 0 Å². The van der Waals surface area contributed by atoms with E-state index in [-0.39, 0.29) is 6.61 Å². The van der Waals surface area contributed by atoms with Gasteiger partial charge in [-0.05, 0) is 31.2 Å². The van der Waals surface area contributed by atoms with Crippen LogP contribution in [0.4, 0.5) is 0 Å². The fourth-order valence-corrected chi connectivity index (χ4v) is 3.22. The molecule has 128 valence electrons. The first-order valence-electron chi connectivity index (χ1n) is 7.72. The fourth-order valence-electron chi connectivity index (χ4n) is 2.29. The van der Waals surface area contributed by atoms with E-state index in [1.165, 1.54) is 9.75 Å². The van der Waals surface area contributed by atoms with Crippen molar-refractivity contribution in [3.05, 3.63) is 46.0 Å². The van der Waals surface area contributed by atoms with Crippen LogP contribution in [-0.4, -0.2) is 49.5 Å². The summed E-state index contributed by atoms with van der Waals surface area (Å²) in [6.07, 6.45) is 1.08. The van der Waals surface area contributed by atoms with E-state index in [1.54, 1.807) is 24.7 Å². The summed E-state index contributed by atoms with van der Waals surface area (Å²) in [5.74, 6) is 0.766. The number of hydrogen-bond donors (Lipinski definition) is 1. The molecule has 0 unspecified atom stereocenters. The molecular weight excluding hydrogens is 314 g/mol. The number of ether oxygens (including phenoxy) is 2. The van der Waals surface area contributed by atoms with Gasteiger partial charge in [0.05, 0.1) is 25.6 Å². The molecule has 5 nitrogen and oxygen atoms in total. The maximum absolute atomic E-state index is 10.2. The van der Waals surface area contributed by atoms with Gasteiger partial charge in [0.15, 0.2) is 0 Å². The first-order chi connectivity index (χ1) is 11.2. The van der Waals surface area contributed by atoms with E-state index < -0.39 is 6.10 Å². The average molecular weight is 339 g/mol. The molecule has 1 atom stereocenters. The summed E-state index contributed by atoms with van der Waals surface area (Å²) in [6.45, 7) is 5.56. The van der Waals surface area contributed by atoms with Crippen LogP contribution in [-0.2, 0) is 22.6 Å². The Morgan fingerprint density at radius 1 is 1.35 bits per heavy atom. The van der Waals surface area contributed by atoms with Gasteiger partial charge in [0.1, 0.15) is 12.4 Å². The molecule has 0 amide bonds. The van der Waals surface area contributed by atoms with Crippen LogP contribution < -0.4 is 0 Å². The number of nitrogens with zero attached hydrogens (tertiary/aromatic N) is 1. The number of aliphatic hydroxyl groups excluding tert-OH is 1. The average Bonchev–Trinajstić information content (AvgIpc) is 3.17. The highest BCUT2D eigenvalue weighted by Crippen LogP contribution is 2.17. The maximum atomic E-state index is 10.2. The Hall–Kier alpha value is -1.18. The summed E-state index contributed by atoms with van der Waals surface area (Å²) in [5.41, 5.74) is 0. The van der Waals surface area contributed by atoms with Gasteiger partial charge in [-0.25, -0.2) is 0 Å². The quantitative estimate of drug-likeness (QED) is 0.682. The summed E-state index contributed by atoms with van der Waals surface area (Å²) in [7, 11) is 1.69. The van der Waals surface area contributed by atoms with Crippen molar-refractivity contribution in [2.75, 3.05) is 33.4 Å². The van der Waals surface area contributed by atoms with Gasteiger partial charge in [-0.15, -0.1) is 11.3 Å². The summed E-state index contributed by atoms with van der Waals surface area (Å²) in [4.78, 5) is 4.78. The first-order valence-corrected chi connectivity index (χ1v) is 8.54. The van der Waals surface area contributed by atoms with E-state index in [1.807, 2.05) is 12.1 Å². The number of rotatable bonds is 11. The number of hydrogen-bond acceptors (Lipinski definition) is 6. The zero-order chi connectivity index (χ0) is 16.5. The predicted molar refractivity (Wildman–Crippen MR) is 90.6 cm³/mol. The van der Waals surface area contributed by atoms with Crippen molar-refractivity contribution >= 4 is 11.3 Å². The molecule has 0 saturated heterocycles. The van der Waals surface area contributed by atoms with Crippen LogP contribution in [0.5, 0.6) is 0 Å². The Morgan fingerprint density at radius 2 is 2.22 bits per heavy atom. The number of thiophene rings is 1. The van der Waals surface area contributed by atoms with Crippen LogP contribution in [0, 0.1) is 6.92 Å². The second-order valence-electron chi connectivity index (χ2n) is 5.49. The molecule has 0 aliphatic rings. The fraction of sp³-hybridized carbons (Fsp3) is 0.529. The van der Waals surface area contributed by atoms with Gasteiger partial charge < -0.3 is 19.0 Å². The molecule has 0 saturated carbocycles. The highest BCUT2D eigenvalue weighted by atomic mass is 32.1. The molecule has 0 aromatic carbocycles. The first kappa shape index (κ1) is 18.2. The Labute approximate surface area is 141 Å². The molecule has 2 aromatic heterocycles. The smallest absolute Gasteiger partial charge is 0.129 e. The molecule has 0 bridgehead atoms. The lowest BCUT2D eigenvalue weighted by Gasteiger charge is -2.24. The third kappa shape index (κ3) is 6.85. The largest absolute Gasteiger partial charge is 0.467 e. The zero-order valence-corrected chi connectivity index (χ0v) is 14.6. The lowest BCUT2D eigenvalue weighted by molar-refractivity contribution is 0.000646. The van der Waals surface area contributed by atoms with E-state index in [0.717, 1.165) is 18.8 Å².